The average molecular weight is 169 g/mol. The van der Waals surface area contributed by atoms with Gasteiger partial charge in [0.2, 0.25) is 0 Å². The van der Waals surface area contributed by atoms with E-state index in [4.69, 9.17) is 4.74 Å². The van der Waals surface area contributed by atoms with Gasteiger partial charge in [0.25, 0.3) is 5.54 Å². The third-order valence-corrected chi connectivity index (χ3v) is 2.05. The molecule has 0 aromatic rings. The van der Waals surface area contributed by atoms with Crippen LogP contribution in [-0.2, 0) is 4.74 Å². The van der Waals surface area contributed by atoms with E-state index in [1.54, 1.807) is 31.2 Å². The largest absolute Gasteiger partial charge is 0.369 e. The first-order chi connectivity index (χ1) is 5.61. The molecule has 0 aromatic heterocycles. The summed E-state index contributed by atoms with van der Waals surface area (Å²) < 4.78 is 4.99. The highest BCUT2D eigenvalue weighted by atomic mass is 16.6. The average Bonchev–Trinajstić information content (AvgIpc) is 2.05. The summed E-state index contributed by atoms with van der Waals surface area (Å²) >= 11 is 0. The van der Waals surface area contributed by atoms with E-state index in [2.05, 4.69) is 0 Å². The van der Waals surface area contributed by atoms with Crippen LogP contribution in [0.3, 0.4) is 0 Å². The summed E-state index contributed by atoms with van der Waals surface area (Å²) in [7, 11) is 1.47. The summed E-state index contributed by atoms with van der Waals surface area (Å²) in [4.78, 5) is 10.4. The maximum absolute atomic E-state index is 10.7. The van der Waals surface area contributed by atoms with E-state index in [0.29, 0.717) is 0 Å². The van der Waals surface area contributed by atoms with E-state index in [1.165, 1.54) is 7.11 Å². The predicted octanol–water partition coefficient (Wildman–Crippen LogP) is 1.16. The van der Waals surface area contributed by atoms with Crippen LogP contribution in [0.2, 0.25) is 0 Å². The Morgan fingerprint density at radius 3 is 2.67 bits per heavy atom. The summed E-state index contributed by atoms with van der Waals surface area (Å²) in [6.45, 7) is 1.54. The first-order valence-corrected chi connectivity index (χ1v) is 3.64. The summed E-state index contributed by atoms with van der Waals surface area (Å²) in [6.07, 6.45) is 6.17. The van der Waals surface area contributed by atoms with Crippen LogP contribution in [0.4, 0.5) is 0 Å². The van der Waals surface area contributed by atoms with Gasteiger partial charge >= 0.3 is 0 Å². The molecule has 0 spiro atoms. The van der Waals surface area contributed by atoms with Gasteiger partial charge in [0, 0.05) is 19.0 Å². The minimum atomic E-state index is -1.12. The molecule has 1 rings (SSSR count). The normalized spacial score (nSPS) is 33.7. The SMILES string of the molecule is COC1C=CC=CC1(C)[N+](=O)[O-]. The number of allylic oxidation sites excluding steroid dienone is 2. The highest BCUT2D eigenvalue weighted by Crippen LogP contribution is 2.23. The summed E-state index contributed by atoms with van der Waals surface area (Å²) in [5, 5.41) is 10.7. The lowest BCUT2D eigenvalue weighted by Gasteiger charge is -2.25. The van der Waals surface area contributed by atoms with Crippen molar-refractivity contribution in [3.8, 4) is 0 Å². The van der Waals surface area contributed by atoms with Crippen molar-refractivity contribution < 1.29 is 9.66 Å². The molecular formula is C8H11NO3. The fourth-order valence-electron chi connectivity index (χ4n) is 1.19. The fraction of sp³-hybridized carbons (Fsp3) is 0.500. The molecule has 0 aliphatic heterocycles. The van der Waals surface area contributed by atoms with Crippen molar-refractivity contribution in [3.05, 3.63) is 34.4 Å². The molecule has 4 nitrogen and oxygen atoms in total. The molecule has 12 heavy (non-hydrogen) atoms. The minimum Gasteiger partial charge on any atom is -0.369 e. The van der Waals surface area contributed by atoms with Gasteiger partial charge in [-0.15, -0.1) is 0 Å². The molecule has 0 bridgehead atoms. The second-order valence-electron chi connectivity index (χ2n) is 2.88. The summed E-state index contributed by atoms with van der Waals surface area (Å²) in [5.41, 5.74) is -1.12. The van der Waals surface area contributed by atoms with Crippen molar-refractivity contribution in [3.63, 3.8) is 0 Å². The number of ether oxygens (including phenoxy) is 1. The van der Waals surface area contributed by atoms with Crippen molar-refractivity contribution in [2.24, 2.45) is 0 Å². The Morgan fingerprint density at radius 1 is 1.58 bits per heavy atom. The summed E-state index contributed by atoms with van der Waals surface area (Å²) in [5.74, 6) is 0. The lowest BCUT2D eigenvalue weighted by molar-refractivity contribution is -0.560. The van der Waals surface area contributed by atoms with Crippen LogP contribution in [0.15, 0.2) is 24.3 Å². The van der Waals surface area contributed by atoms with Crippen LogP contribution in [-0.4, -0.2) is 23.7 Å². The van der Waals surface area contributed by atoms with Crippen LogP contribution in [0.5, 0.6) is 0 Å². The van der Waals surface area contributed by atoms with E-state index in [1.807, 2.05) is 0 Å². The number of nitrogens with zero attached hydrogens (tertiary/aromatic N) is 1. The minimum absolute atomic E-state index is 0.332. The molecule has 0 amide bonds. The fourth-order valence-corrected chi connectivity index (χ4v) is 1.19. The van der Waals surface area contributed by atoms with E-state index in [9.17, 15) is 10.1 Å². The summed E-state index contributed by atoms with van der Waals surface area (Å²) in [6, 6.07) is 0. The van der Waals surface area contributed by atoms with Gasteiger partial charge in [-0.25, -0.2) is 0 Å². The first kappa shape index (κ1) is 8.93. The highest BCUT2D eigenvalue weighted by Gasteiger charge is 2.43. The Bertz CT molecular complexity index is 247. The van der Waals surface area contributed by atoms with Gasteiger partial charge in [-0.2, -0.15) is 0 Å². The van der Waals surface area contributed by atoms with Gasteiger partial charge in [0.1, 0.15) is 6.10 Å². The topological polar surface area (TPSA) is 52.4 Å². The quantitative estimate of drug-likeness (QED) is 0.460. The molecule has 0 saturated heterocycles. The number of methoxy groups -OCH3 is 1. The molecule has 66 valence electrons. The zero-order chi connectivity index (χ0) is 9.19. The molecule has 0 radical (unpaired) electrons. The number of rotatable bonds is 2. The molecule has 2 atom stereocenters. The van der Waals surface area contributed by atoms with Crippen LogP contribution in [0.25, 0.3) is 0 Å². The zero-order valence-corrected chi connectivity index (χ0v) is 7.06. The van der Waals surface area contributed by atoms with Crippen LogP contribution in [0, 0.1) is 10.1 Å². The van der Waals surface area contributed by atoms with Crippen LogP contribution < -0.4 is 0 Å². The molecule has 0 heterocycles. The van der Waals surface area contributed by atoms with Gasteiger partial charge in [-0.3, -0.25) is 10.1 Å². The highest BCUT2D eigenvalue weighted by molar-refractivity contribution is 5.21. The van der Waals surface area contributed by atoms with Gasteiger partial charge < -0.3 is 4.74 Å². The molecule has 1 aliphatic carbocycles. The van der Waals surface area contributed by atoms with Crippen LogP contribution >= 0.6 is 0 Å². The van der Waals surface area contributed by atoms with Crippen molar-refractivity contribution >= 4 is 0 Å². The van der Waals surface area contributed by atoms with E-state index in [0.717, 1.165) is 0 Å². The first-order valence-electron chi connectivity index (χ1n) is 3.64. The van der Waals surface area contributed by atoms with Crippen molar-refractivity contribution in [1.82, 2.24) is 0 Å². The standard InChI is InChI=1S/C8H11NO3/c1-8(9(10)11)6-4-3-5-7(8)12-2/h3-7H,1-2H3. The van der Waals surface area contributed by atoms with Gasteiger partial charge in [-0.1, -0.05) is 12.2 Å². The second-order valence-corrected chi connectivity index (χ2v) is 2.88. The molecule has 2 unspecified atom stereocenters. The Labute approximate surface area is 70.7 Å². The van der Waals surface area contributed by atoms with Crippen molar-refractivity contribution in [2.75, 3.05) is 7.11 Å². The monoisotopic (exact) mass is 169 g/mol. The van der Waals surface area contributed by atoms with Crippen molar-refractivity contribution in [2.45, 2.75) is 18.6 Å². The van der Waals surface area contributed by atoms with E-state index < -0.39 is 11.6 Å². The lowest BCUT2D eigenvalue weighted by Crippen LogP contribution is -2.45. The molecular weight excluding hydrogens is 158 g/mol. The smallest absolute Gasteiger partial charge is 0.267 e. The molecule has 4 heteroatoms. The third-order valence-electron chi connectivity index (χ3n) is 2.05. The van der Waals surface area contributed by atoms with Gasteiger partial charge in [0.15, 0.2) is 0 Å². The Morgan fingerprint density at radius 2 is 2.25 bits per heavy atom. The van der Waals surface area contributed by atoms with Gasteiger partial charge in [-0.05, 0) is 12.2 Å². The number of nitro groups is 1. The van der Waals surface area contributed by atoms with Crippen LogP contribution in [0.1, 0.15) is 6.92 Å². The van der Waals surface area contributed by atoms with Crippen molar-refractivity contribution in [1.29, 1.82) is 0 Å². The van der Waals surface area contributed by atoms with E-state index in [-0.39, 0.29) is 4.92 Å². The van der Waals surface area contributed by atoms with Gasteiger partial charge in [0.05, 0.1) is 0 Å². The lowest BCUT2D eigenvalue weighted by atomic mass is 9.91. The Balaban J connectivity index is 2.94. The van der Waals surface area contributed by atoms with E-state index >= 15 is 0 Å². The Hall–Kier alpha value is -1.16. The number of hydrogen-bond donors (Lipinski definition) is 0. The maximum atomic E-state index is 10.7. The second kappa shape index (κ2) is 3.06. The maximum Gasteiger partial charge on any atom is 0.267 e. The Kier molecular flexibility index (Phi) is 2.28. The molecule has 0 N–H and O–H groups in total. The third kappa shape index (κ3) is 1.25. The molecule has 0 aromatic carbocycles. The molecule has 1 aliphatic rings. The zero-order valence-electron chi connectivity index (χ0n) is 7.06. The molecule has 0 fully saturated rings. The predicted molar refractivity (Wildman–Crippen MR) is 44.5 cm³/mol. The number of hydrogen-bond acceptors (Lipinski definition) is 3. The molecule has 0 saturated carbocycles.